The highest BCUT2D eigenvalue weighted by Gasteiger charge is 2.39. The summed E-state index contributed by atoms with van der Waals surface area (Å²) in [6.45, 7) is 3.76. The largest absolute Gasteiger partial charge is 0.462 e. The maximum Gasteiger partial charge on any atom is 0.306 e. The highest BCUT2D eigenvalue weighted by Crippen LogP contribution is 2.33. The number of carbonyl (C=O) groups excluding carboxylic acids is 3. The van der Waals surface area contributed by atoms with Crippen molar-refractivity contribution in [1.29, 1.82) is 0 Å². The smallest absolute Gasteiger partial charge is 0.306 e. The molecule has 248 valence electrons. The molecular weight excluding hydrogens is 548 g/mol. The van der Waals surface area contributed by atoms with Gasteiger partial charge in [0.1, 0.15) is 12.4 Å². The van der Waals surface area contributed by atoms with Gasteiger partial charge in [0.2, 0.25) is 0 Å². The minimum atomic E-state index is -0.869. The lowest BCUT2D eigenvalue weighted by molar-refractivity contribution is -0.161. The highest BCUT2D eigenvalue weighted by atomic mass is 16.6. The van der Waals surface area contributed by atoms with Crippen LogP contribution in [0.4, 0.5) is 0 Å². The first kappa shape index (κ1) is 39.0. The Balaban J connectivity index is 2.23. The van der Waals surface area contributed by atoms with Crippen molar-refractivity contribution in [2.24, 2.45) is 11.8 Å². The van der Waals surface area contributed by atoms with E-state index in [0.29, 0.717) is 32.1 Å². The Hall–Kier alpha value is -2.03. The van der Waals surface area contributed by atoms with Crippen LogP contribution in [0, 0.1) is 11.8 Å². The SMILES string of the molecule is CCCCCCCCCCCC(=O)OC[C@H](CO)OC(=O)CCC/C=C\C[C@H]1[C@@H](O)CC(=O)[C@@H]1/C=C/[C@@H](O)CCCCC. The van der Waals surface area contributed by atoms with Crippen LogP contribution in [0.2, 0.25) is 0 Å². The standard InChI is InChI=1S/C35H60O8/c1-3-5-7-8-9-10-11-12-17-21-34(40)42-27-29(26-36)43-35(41)22-18-14-13-16-20-30-31(33(39)25-32(30)38)24-23-28(37)19-15-6-4-2/h13,16,23-24,28-32,36-38H,3-12,14-15,17-22,25-27H2,1-2H3/b16-13-,24-23+/t28-,29-,30+,31+,32-/m0/s1. The second-order valence-corrected chi connectivity index (χ2v) is 12.0. The summed E-state index contributed by atoms with van der Waals surface area (Å²) in [6.07, 6.45) is 21.8. The molecule has 0 amide bonds. The first-order chi connectivity index (χ1) is 20.8. The van der Waals surface area contributed by atoms with E-state index in [1.165, 1.54) is 38.5 Å². The van der Waals surface area contributed by atoms with E-state index >= 15 is 0 Å². The summed E-state index contributed by atoms with van der Waals surface area (Å²) in [6, 6.07) is 0. The van der Waals surface area contributed by atoms with Gasteiger partial charge in [0, 0.05) is 31.1 Å². The zero-order valence-electron chi connectivity index (χ0n) is 26.9. The van der Waals surface area contributed by atoms with Gasteiger partial charge >= 0.3 is 11.9 Å². The molecule has 1 aliphatic rings. The summed E-state index contributed by atoms with van der Waals surface area (Å²) in [5.74, 6) is -1.41. The predicted molar refractivity (Wildman–Crippen MR) is 169 cm³/mol. The van der Waals surface area contributed by atoms with Crippen LogP contribution < -0.4 is 0 Å². The van der Waals surface area contributed by atoms with Crippen LogP contribution in [0.25, 0.3) is 0 Å². The van der Waals surface area contributed by atoms with Crippen molar-refractivity contribution in [2.75, 3.05) is 13.2 Å². The van der Waals surface area contributed by atoms with Crippen LogP contribution in [-0.2, 0) is 23.9 Å². The minimum Gasteiger partial charge on any atom is -0.462 e. The number of allylic oxidation sites excluding steroid dienone is 3. The Morgan fingerprint density at radius 3 is 2.19 bits per heavy atom. The Labute approximate surface area is 260 Å². The third-order valence-electron chi connectivity index (χ3n) is 8.12. The molecule has 3 N–H and O–H groups in total. The van der Waals surface area contributed by atoms with Gasteiger partial charge < -0.3 is 24.8 Å². The molecule has 8 heteroatoms. The third kappa shape index (κ3) is 19.1. The number of carbonyl (C=O) groups is 3. The van der Waals surface area contributed by atoms with Crippen LogP contribution in [0.5, 0.6) is 0 Å². The number of Topliss-reactive ketones (excluding diaryl/α,β-unsaturated/α-hetero) is 1. The van der Waals surface area contributed by atoms with Gasteiger partial charge in [0.05, 0.1) is 18.8 Å². The normalized spacial score (nSPS) is 20.2. The van der Waals surface area contributed by atoms with Gasteiger partial charge in [0.15, 0.2) is 6.10 Å². The molecule has 43 heavy (non-hydrogen) atoms. The quantitative estimate of drug-likeness (QED) is 0.0574. The average Bonchev–Trinajstić information content (AvgIpc) is 3.26. The Bertz CT molecular complexity index is 808. The highest BCUT2D eigenvalue weighted by molar-refractivity contribution is 5.86. The fourth-order valence-corrected chi connectivity index (χ4v) is 5.42. The summed E-state index contributed by atoms with van der Waals surface area (Å²) in [5, 5.41) is 30.0. The van der Waals surface area contributed by atoms with Crippen molar-refractivity contribution < 1.29 is 39.2 Å². The number of hydrogen-bond donors (Lipinski definition) is 3. The monoisotopic (exact) mass is 608 g/mol. The van der Waals surface area contributed by atoms with E-state index in [1.807, 2.05) is 12.2 Å². The van der Waals surface area contributed by atoms with Crippen LogP contribution >= 0.6 is 0 Å². The zero-order chi connectivity index (χ0) is 31.7. The Kier molecular flexibility index (Phi) is 23.0. The van der Waals surface area contributed by atoms with Crippen molar-refractivity contribution >= 4 is 17.7 Å². The Morgan fingerprint density at radius 1 is 0.884 bits per heavy atom. The topological polar surface area (TPSA) is 130 Å². The van der Waals surface area contributed by atoms with Crippen molar-refractivity contribution in [3.63, 3.8) is 0 Å². The molecule has 0 heterocycles. The lowest BCUT2D eigenvalue weighted by Crippen LogP contribution is -2.28. The fraction of sp³-hybridized carbons (Fsp3) is 0.800. The molecule has 0 bridgehead atoms. The van der Waals surface area contributed by atoms with Crippen LogP contribution in [0.3, 0.4) is 0 Å². The summed E-state index contributed by atoms with van der Waals surface area (Å²) in [7, 11) is 0. The summed E-state index contributed by atoms with van der Waals surface area (Å²) in [4.78, 5) is 36.6. The zero-order valence-corrected chi connectivity index (χ0v) is 26.9. The molecular formula is C35H60O8. The van der Waals surface area contributed by atoms with E-state index in [1.54, 1.807) is 12.2 Å². The molecule has 8 nitrogen and oxygen atoms in total. The number of ketones is 1. The van der Waals surface area contributed by atoms with Crippen molar-refractivity contribution in [2.45, 2.75) is 154 Å². The van der Waals surface area contributed by atoms with E-state index in [2.05, 4.69) is 13.8 Å². The number of rotatable bonds is 26. The summed E-state index contributed by atoms with van der Waals surface area (Å²) in [5.41, 5.74) is 0. The van der Waals surface area contributed by atoms with Crippen LogP contribution in [-0.4, -0.2) is 64.6 Å². The van der Waals surface area contributed by atoms with Gasteiger partial charge in [-0.2, -0.15) is 0 Å². The first-order valence-electron chi connectivity index (χ1n) is 17.0. The number of aliphatic hydroxyl groups excluding tert-OH is 3. The Morgan fingerprint density at radius 2 is 1.51 bits per heavy atom. The molecule has 0 aliphatic heterocycles. The van der Waals surface area contributed by atoms with Crippen molar-refractivity contribution in [3.8, 4) is 0 Å². The number of esters is 2. The first-order valence-corrected chi connectivity index (χ1v) is 17.0. The fourth-order valence-electron chi connectivity index (χ4n) is 5.42. The van der Waals surface area contributed by atoms with Gasteiger partial charge in [-0.3, -0.25) is 14.4 Å². The second kappa shape index (κ2) is 25.3. The van der Waals surface area contributed by atoms with E-state index in [0.717, 1.165) is 38.5 Å². The molecule has 1 rings (SSSR count). The number of unbranched alkanes of at least 4 members (excludes halogenated alkanes) is 11. The summed E-state index contributed by atoms with van der Waals surface area (Å²) < 4.78 is 10.5. The maximum absolute atomic E-state index is 12.4. The van der Waals surface area contributed by atoms with Gasteiger partial charge in [-0.15, -0.1) is 0 Å². The molecule has 0 aromatic heterocycles. The average molecular weight is 609 g/mol. The van der Waals surface area contributed by atoms with Gasteiger partial charge in [-0.25, -0.2) is 0 Å². The van der Waals surface area contributed by atoms with Gasteiger partial charge in [-0.1, -0.05) is 109 Å². The third-order valence-corrected chi connectivity index (χ3v) is 8.12. The van der Waals surface area contributed by atoms with Gasteiger partial charge in [0.25, 0.3) is 0 Å². The molecule has 1 aliphatic carbocycles. The van der Waals surface area contributed by atoms with E-state index in [4.69, 9.17) is 9.47 Å². The number of hydrogen-bond acceptors (Lipinski definition) is 8. The molecule has 0 radical (unpaired) electrons. The van der Waals surface area contributed by atoms with Crippen molar-refractivity contribution in [3.05, 3.63) is 24.3 Å². The van der Waals surface area contributed by atoms with E-state index < -0.39 is 36.8 Å². The maximum atomic E-state index is 12.4. The van der Waals surface area contributed by atoms with E-state index in [9.17, 15) is 29.7 Å². The molecule has 0 aromatic rings. The number of ether oxygens (including phenoxy) is 2. The molecule has 0 aromatic carbocycles. The molecule has 0 spiro atoms. The molecule has 0 saturated heterocycles. The molecule has 1 saturated carbocycles. The molecule has 1 fully saturated rings. The van der Waals surface area contributed by atoms with Gasteiger partial charge in [-0.05, 0) is 32.1 Å². The van der Waals surface area contributed by atoms with E-state index in [-0.39, 0.29) is 37.1 Å². The van der Waals surface area contributed by atoms with Crippen LogP contribution in [0.1, 0.15) is 136 Å². The lowest BCUT2D eigenvalue weighted by atomic mass is 9.90. The minimum absolute atomic E-state index is 0.00160. The van der Waals surface area contributed by atoms with Crippen molar-refractivity contribution in [1.82, 2.24) is 0 Å². The summed E-state index contributed by atoms with van der Waals surface area (Å²) >= 11 is 0. The molecule has 5 atom stereocenters. The predicted octanol–water partition coefficient (Wildman–Crippen LogP) is 6.53. The second-order valence-electron chi connectivity index (χ2n) is 12.0. The lowest BCUT2D eigenvalue weighted by Gasteiger charge is -2.17. The molecule has 0 unspecified atom stereocenters. The number of aliphatic hydroxyl groups is 3. The van der Waals surface area contributed by atoms with Crippen LogP contribution in [0.15, 0.2) is 24.3 Å².